The standard InChI is InChI=1S/C26H21N5O2S2.ClH/c1-15(16-8-10-24-20(11-16)28-18-5-3-4-6-23(18)35-24)30-31-21(14-34-26(31)27-2)17-7-9-22-19(12-17)29-25(32)13-33-22;/h3-12,14,28H,13H2,1-2H3,(H,29,32);1H/b27-26?,30-15+;. The summed E-state index contributed by atoms with van der Waals surface area (Å²) in [6.07, 6.45) is 0. The first kappa shape index (κ1) is 24.2. The fourth-order valence-electron chi connectivity index (χ4n) is 4.06. The Morgan fingerprint density at radius 3 is 2.69 bits per heavy atom. The fourth-order valence-corrected chi connectivity index (χ4v) is 5.83. The molecule has 2 aliphatic heterocycles. The number of ether oxygens (including phenoxy) is 1. The smallest absolute Gasteiger partial charge is 0.262 e. The van der Waals surface area contributed by atoms with Gasteiger partial charge in [-0.05, 0) is 55.0 Å². The highest BCUT2D eigenvalue weighted by Gasteiger charge is 2.19. The Balaban J connectivity index is 0.00000267. The largest absolute Gasteiger partial charge is 0.482 e. The van der Waals surface area contributed by atoms with E-state index >= 15 is 0 Å². The number of halogens is 1. The van der Waals surface area contributed by atoms with Crippen molar-refractivity contribution in [3.63, 3.8) is 0 Å². The maximum Gasteiger partial charge on any atom is 0.262 e. The van der Waals surface area contributed by atoms with E-state index in [0.717, 1.165) is 38.7 Å². The van der Waals surface area contributed by atoms with E-state index in [0.29, 0.717) is 11.4 Å². The summed E-state index contributed by atoms with van der Waals surface area (Å²) in [6.45, 7) is 2.04. The summed E-state index contributed by atoms with van der Waals surface area (Å²) in [4.78, 5) is 19.4. The minimum atomic E-state index is -0.159. The zero-order valence-corrected chi connectivity index (χ0v) is 21.9. The van der Waals surface area contributed by atoms with Gasteiger partial charge >= 0.3 is 0 Å². The molecule has 7 nitrogen and oxygen atoms in total. The third-order valence-corrected chi connectivity index (χ3v) is 7.87. The molecule has 1 amide bonds. The van der Waals surface area contributed by atoms with Crippen molar-refractivity contribution in [1.29, 1.82) is 0 Å². The number of carbonyl (C=O) groups excluding carboxylic acids is 1. The molecule has 3 heterocycles. The average molecular weight is 536 g/mol. The van der Waals surface area contributed by atoms with Crippen LogP contribution in [0.15, 0.2) is 85.9 Å². The molecule has 0 saturated carbocycles. The number of benzene rings is 3. The predicted molar refractivity (Wildman–Crippen MR) is 149 cm³/mol. The number of aromatic nitrogens is 1. The monoisotopic (exact) mass is 535 g/mol. The molecule has 2 aliphatic rings. The molecule has 0 bridgehead atoms. The molecule has 3 aromatic carbocycles. The maximum absolute atomic E-state index is 11.8. The molecular weight excluding hydrogens is 514 g/mol. The number of rotatable bonds is 3. The number of fused-ring (bicyclic) bond motifs is 3. The third kappa shape index (κ3) is 4.41. The van der Waals surface area contributed by atoms with Crippen LogP contribution in [0.3, 0.4) is 0 Å². The summed E-state index contributed by atoms with van der Waals surface area (Å²) in [6, 6.07) is 20.4. The molecule has 4 aromatic rings. The number of nitrogens with one attached hydrogen (secondary N) is 2. The van der Waals surface area contributed by atoms with E-state index in [1.807, 2.05) is 41.2 Å². The number of para-hydroxylation sites is 1. The van der Waals surface area contributed by atoms with Gasteiger partial charge in [0.25, 0.3) is 5.91 Å². The first-order valence-corrected chi connectivity index (χ1v) is 12.7. The normalized spacial score (nSPS) is 14.4. The Labute approximate surface area is 222 Å². The average Bonchev–Trinajstić information content (AvgIpc) is 3.29. The van der Waals surface area contributed by atoms with Crippen LogP contribution in [0, 0.1) is 0 Å². The molecule has 0 unspecified atom stereocenters. The van der Waals surface area contributed by atoms with Crippen LogP contribution in [0.4, 0.5) is 17.1 Å². The molecule has 0 atom stereocenters. The number of carbonyl (C=O) groups is 1. The van der Waals surface area contributed by atoms with Crippen molar-refractivity contribution in [2.75, 3.05) is 24.3 Å². The highest BCUT2D eigenvalue weighted by atomic mass is 35.5. The van der Waals surface area contributed by atoms with E-state index in [2.05, 4.69) is 52.0 Å². The van der Waals surface area contributed by atoms with Crippen molar-refractivity contribution >= 4 is 64.2 Å². The highest BCUT2D eigenvalue weighted by molar-refractivity contribution is 7.99. The summed E-state index contributed by atoms with van der Waals surface area (Å²) < 4.78 is 7.35. The number of anilines is 3. The molecule has 182 valence electrons. The Bertz CT molecular complexity index is 1590. The molecule has 0 fully saturated rings. The van der Waals surface area contributed by atoms with Crippen LogP contribution in [-0.2, 0) is 4.79 Å². The summed E-state index contributed by atoms with van der Waals surface area (Å²) in [7, 11) is 1.76. The van der Waals surface area contributed by atoms with E-state index < -0.39 is 0 Å². The number of amides is 1. The SMILES string of the molecule is CN=c1scc(-c2ccc3c(c2)NC(=O)CO3)n1/N=C(\C)c1ccc2c(c1)Nc1ccccc1S2.Cl. The van der Waals surface area contributed by atoms with Crippen molar-refractivity contribution in [3.8, 4) is 17.0 Å². The molecule has 36 heavy (non-hydrogen) atoms. The van der Waals surface area contributed by atoms with Gasteiger partial charge in [0.15, 0.2) is 6.61 Å². The molecule has 2 N–H and O–H groups in total. The predicted octanol–water partition coefficient (Wildman–Crippen LogP) is 5.98. The topological polar surface area (TPSA) is 80.0 Å². The van der Waals surface area contributed by atoms with Crippen LogP contribution in [-0.4, -0.2) is 29.9 Å². The van der Waals surface area contributed by atoms with Crippen LogP contribution < -0.4 is 20.2 Å². The molecule has 10 heteroatoms. The van der Waals surface area contributed by atoms with E-state index in [1.54, 1.807) is 18.8 Å². The molecule has 0 spiro atoms. The Morgan fingerprint density at radius 1 is 1.00 bits per heavy atom. The van der Waals surface area contributed by atoms with Gasteiger partial charge in [0, 0.05) is 27.8 Å². The van der Waals surface area contributed by atoms with Crippen molar-refractivity contribution in [1.82, 2.24) is 4.68 Å². The number of hydrogen-bond donors (Lipinski definition) is 2. The van der Waals surface area contributed by atoms with Crippen molar-refractivity contribution in [2.45, 2.75) is 16.7 Å². The first-order chi connectivity index (χ1) is 17.1. The molecule has 0 saturated heterocycles. The quantitative estimate of drug-likeness (QED) is 0.278. The van der Waals surface area contributed by atoms with Gasteiger partial charge in [-0.2, -0.15) is 5.10 Å². The summed E-state index contributed by atoms with van der Waals surface area (Å²) in [5, 5.41) is 13.4. The molecule has 0 aliphatic carbocycles. The second kappa shape index (κ2) is 9.85. The lowest BCUT2D eigenvalue weighted by Gasteiger charge is -2.21. The van der Waals surface area contributed by atoms with Crippen LogP contribution in [0.2, 0.25) is 0 Å². The third-order valence-electron chi connectivity index (χ3n) is 5.81. The number of thiazole rings is 1. The van der Waals surface area contributed by atoms with Gasteiger partial charge in [0.2, 0.25) is 4.80 Å². The summed E-state index contributed by atoms with van der Waals surface area (Å²) in [5.74, 6) is 0.504. The Kier molecular flexibility index (Phi) is 6.61. The van der Waals surface area contributed by atoms with E-state index in [-0.39, 0.29) is 24.9 Å². The zero-order valence-electron chi connectivity index (χ0n) is 19.4. The zero-order chi connectivity index (χ0) is 23.9. The van der Waals surface area contributed by atoms with Crippen LogP contribution in [0.25, 0.3) is 11.3 Å². The van der Waals surface area contributed by atoms with E-state index in [1.165, 1.54) is 21.1 Å². The van der Waals surface area contributed by atoms with Gasteiger partial charge in [0.1, 0.15) is 5.75 Å². The minimum Gasteiger partial charge on any atom is -0.482 e. The molecular formula is C26H22ClN5O2S2. The number of nitrogens with zero attached hydrogens (tertiary/aromatic N) is 3. The lowest BCUT2D eigenvalue weighted by molar-refractivity contribution is -0.118. The second-order valence-corrected chi connectivity index (χ2v) is 10.0. The first-order valence-electron chi connectivity index (χ1n) is 11.0. The number of hydrogen-bond acceptors (Lipinski definition) is 7. The lowest BCUT2D eigenvalue weighted by atomic mass is 10.1. The van der Waals surface area contributed by atoms with Crippen molar-refractivity contribution < 1.29 is 9.53 Å². The van der Waals surface area contributed by atoms with Gasteiger partial charge in [-0.3, -0.25) is 9.79 Å². The maximum atomic E-state index is 11.8. The lowest BCUT2D eigenvalue weighted by Crippen LogP contribution is -2.25. The van der Waals surface area contributed by atoms with Gasteiger partial charge in [-0.25, -0.2) is 4.68 Å². The summed E-state index contributed by atoms with van der Waals surface area (Å²) in [5.41, 5.74) is 6.53. The van der Waals surface area contributed by atoms with Crippen molar-refractivity contribution in [2.24, 2.45) is 10.1 Å². The van der Waals surface area contributed by atoms with E-state index in [4.69, 9.17) is 9.84 Å². The van der Waals surface area contributed by atoms with Crippen LogP contribution >= 0.6 is 35.5 Å². The fraction of sp³-hybridized carbons (Fsp3) is 0.115. The second-order valence-electron chi connectivity index (χ2n) is 8.11. The molecule has 0 radical (unpaired) electrons. The van der Waals surface area contributed by atoms with Crippen molar-refractivity contribution in [3.05, 3.63) is 76.4 Å². The Hall–Kier alpha value is -3.53. The van der Waals surface area contributed by atoms with Gasteiger partial charge in [0.05, 0.1) is 28.5 Å². The van der Waals surface area contributed by atoms with Crippen LogP contribution in [0.5, 0.6) is 5.75 Å². The summed E-state index contributed by atoms with van der Waals surface area (Å²) >= 11 is 3.28. The minimum absolute atomic E-state index is 0. The highest BCUT2D eigenvalue weighted by Crippen LogP contribution is 2.44. The van der Waals surface area contributed by atoms with Crippen LogP contribution in [0.1, 0.15) is 12.5 Å². The van der Waals surface area contributed by atoms with Gasteiger partial charge in [-0.15, -0.1) is 23.7 Å². The van der Waals surface area contributed by atoms with E-state index in [9.17, 15) is 4.79 Å². The Morgan fingerprint density at radius 2 is 1.83 bits per heavy atom. The van der Waals surface area contributed by atoms with Gasteiger partial charge in [-0.1, -0.05) is 30.0 Å². The van der Waals surface area contributed by atoms with Gasteiger partial charge < -0.3 is 15.4 Å². The molecule has 1 aromatic heterocycles. The molecule has 6 rings (SSSR count).